The fourth-order valence-electron chi connectivity index (χ4n) is 2.21. The normalized spacial score (nSPS) is 9.55. The number of hydrogen-bond donors (Lipinski definition) is 2. The van der Waals surface area contributed by atoms with Crippen molar-refractivity contribution >= 4 is 5.70 Å². The van der Waals surface area contributed by atoms with E-state index in [4.69, 9.17) is 15.0 Å². The van der Waals surface area contributed by atoms with Crippen molar-refractivity contribution in [1.82, 2.24) is 0 Å². The number of allylic oxidation sites excluding steroid dienone is 1. The van der Waals surface area contributed by atoms with E-state index in [1.807, 2.05) is 27.7 Å². The predicted octanol–water partition coefficient (Wildman–Crippen LogP) is 5.14. The first kappa shape index (κ1) is 20.1. The van der Waals surface area contributed by atoms with Crippen molar-refractivity contribution in [3.05, 3.63) is 28.8 Å². The molecule has 22 heavy (non-hydrogen) atoms. The number of phenols is 1. The summed E-state index contributed by atoms with van der Waals surface area (Å²) in [6, 6.07) is 3.33. The van der Waals surface area contributed by atoms with E-state index in [2.05, 4.69) is 5.11 Å². The summed E-state index contributed by atoms with van der Waals surface area (Å²) >= 11 is 0. The Bertz CT molecular complexity index is 505. The molecule has 0 saturated heterocycles. The summed E-state index contributed by atoms with van der Waals surface area (Å²) in [4.78, 5) is 0. The van der Waals surface area contributed by atoms with Gasteiger partial charge in [-0.05, 0) is 30.0 Å². The standard InChI is InChI=1S/C15H22N2O3.C2H6/c1-5-10(6-2)15(17-16)14-11(9-19-3)7-12(20-4)8-13(14)18;1-2/h7-8,16,18H,5-6,9H2,1-4H3;1-2H3. The largest absolute Gasteiger partial charge is 0.507 e. The monoisotopic (exact) mass is 308 g/mol. The van der Waals surface area contributed by atoms with E-state index in [0.717, 1.165) is 24.0 Å². The van der Waals surface area contributed by atoms with Gasteiger partial charge in [-0.1, -0.05) is 27.7 Å². The maximum Gasteiger partial charge on any atom is 0.129 e. The molecule has 0 aliphatic carbocycles. The molecule has 1 rings (SSSR count). The number of nitrogens with zero attached hydrogens (tertiary/aromatic N) is 1. The number of benzene rings is 1. The summed E-state index contributed by atoms with van der Waals surface area (Å²) in [5, 5.41) is 13.9. The highest BCUT2D eigenvalue weighted by Crippen LogP contribution is 2.37. The number of phenolic OH excluding ortho intramolecular Hbond substituents is 1. The number of hydrogen-bond acceptors (Lipinski definition) is 5. The molecule has 124 valence electrons. The van der Waals surface area contributed by atoms with E-state index in [-0.39, 0.29) is 5.75 Å². The summed E-state index contributed by atoms with van der Waals surface area (Å²) in [7, 11) is 3.13. The Labute approximate surface area is 133 Å². The van der Waals surface area contributed by atoms with E-state index in [1.54, 1.807) is 20.3 Å². The quantitative estimate of drug-likeness (QED) is 0.685. The lowest BCUT2D eigenvalue weighted by Crippen LogP contribution is -1.99. The van der Waals surface area contributed by atoms with Gasteiger partial charge in [0.2, 0.25) is 0 Å². The molecule has 0 unspecified atom stereocenters. The summed E-state index contributed by atoms with van der Waals surface area (Å²) in [5.74, 6) is 0.610. The third-order valence-electron chi connectivity index (χ3n) is 3.25. The fraction of sp³-hybridized carbons (Fsp3) is 0.529. The summed E-state index contributed by atoms with van der Waals surface area (Å²) in [6.07, 6.45) is 1.57. The van der Waals surface area contributed by atoms with Crippen LogP contribution in [-0.4, -0.2) is 19.3 Å². The second kappa shape index (κ2) is 10.8. The van der Waals surface area contributed by atoms with Gasteiger partial charge in [-0.15, -0.1) is 0 Å². The lowest BCUT2D eigenvalue weighted by Gasteiger charge is -2.15. The summed E-state index contributed by atoms with van der Waals surface area (Å²) in [6.45, 7) is 8.35. The van der Waals surface area contributed by atoms with Crippen LogP contribution in [0, 0.1) is 5.53 Å². The van der Waals surface area contributed by atoms with Gasteiger partial charge in [-0.2, -0.15) is 5.11 Å². The molecule has 0 heterocycles. The molecule has 0 radical (unpaired) electrons. The van der Waals surface area contributed by atoms with Gasteiger partial charge in [0.05, 0.1) is 19.4 Å². The minimum atomic E-state index is 0.0572. The molecule has 0 aliphatic heterocycles. The van der Waals surface area contributed by atoms with Gasteiger partial charge in [0.1, 0.15) is 11.5 Å². The van der Waals surface area contributed by atoms with E-state index in [0.29, 0.717) is 23.6 Å². The van der Waals surface area contributed by atoms with E-state index < -0.39 is 0 Å². The van der Waals surface area contributed by atoms with Crippen LogP contribution < -0.4 is 4.74 Å². The van der Waals surface area contributed by atoms with Gasteiger partial charge in [-0.25, -0.2) is 5.53 Å². The summed E-state index contributed by atoms with van der Waals surface area (Å²) in [5.41, 5.74) is 10.3. The average Bonchev–Trinajstić information content (AvgIpc) is 2.55. The number of ether oxygens (including phenoxy) is 2. The van der Waals surface area contributed by atoms with E-state index in [9.17, 15) is 5.11 Å². The lowest BCUT2D eigenvalue weighted by molar-refractivity contribution is 0.184. The minimum absolute atomic E-state index is 0.0572. The molecule has 5 nitrogen and oxygen atoms in total. The van der Waals surface area contributed by atoms with Crippen LogP contribution in [0.2, 0.25) is 0 Å². The van der Waals surface area contributed by atoms with Crippen molar-refractivity contribution in [1.29, 1.82) is 5.53 Å². The topological polar surface area (TPSA) is 74.9 Å². The van der Waals surface area contributed by atoms with Crippen LogP contribution in [0.1, 0.15) is 51.7 Å². The van der Waals surface area contributed by atoms with Crippen LogP contribution in [0.3, 0.4) is 0 Å². The highest BCUT2D eigenvalue weighted by molar-refractivity contribution is 5.75. The Morgan fingerprint density at radius 1 is 1.18 bits per heavy atom. The zero-order valence-electron chi connectivity index (χ0n) is 14.5. The minimum Gasteiger partial charge on any atom is -0.507 e. The SMILES string of the molecule is CC.CCC(CC)=C(N=N)c1c(O)cc(OC)cc1COC. The van der Waals surface area contributed by atoms with Crippen LogP contribution >= 0.6 is 0 Å². The number of nitrogens with one attached hydrogen (secondary N) is 1. The van der Waals surface area contributed by atoms with Gasteiger partial charge in [0, 0.05) is 18.7 Å². The molecular weight excluding hydrogens is 280 g/mol. The predicted molar refractivity (Wildman–Crippen MR) is 89.4 cm³/mol. The van der Waals surface area contributed by atoms with Gasteiger partial charge in [0.25, 0.3) is 0 Å². The molecule has 1 aromatic carbocycles. The Kier molecular flexibility index (Phi) is 9.87. The zero-order chi connectivity index (χ0) is 17.1. The molecule has 0 aliphatic rings. The average molecular weight is 308 g/mol. The van der Waals surface area contributed by atoms with Crippen molar-refractivity contribution < 1.29 is 14.6 Å². The van der Waals surface area contributed by atoms with Crippen LogP contribution in [-0.2, 0) is 11.3 Å². The molecular formula is C17H28N2O3. The van der Waals surface area contributed by atoms with Crippen molar-refractivity contribution in [3.8, 4) is 11.5 Å². The first-order valence-electron chi connectivity index (χ1n) is 7.61. The second-order valence-electron chi connectivity index (χ2n) is 4.38. The van der Waals surface area contributed by atoms with E-state index >= 15 is 0 Å². The van der Waals surface area contributed by atoms with Crippen LogP contribution in [0.15, 0.2) is 22.8 Å². The van der Waals surface area contributed by atoms with Gasteiger partial charge in [-0.3, -0.25) is 0 Å². The highest BCUT2D eigenvalue weighted by atomic mass is 16.5. The molecule has 0 spiro atoms. The zero-order valence-corrected chi connectivity index (χ0v) is 14.5. The van der Waals surface area contributed by atoms with Crippen LogP contribution in [0.5, 0.6) is 11.5 Å². The molecule has 0 atom stereocenters. The Balaban J connectivity index is 0.00000211. The first-order chi connectivity index (χ1) is 10.6. The van der Waals surface area contributed by atoms with Crippen molar-refractivity contribution in [2.45, 2.75) is 47.1 Å². The van der Waals surface area contributed by atoms with Crippen molar-refractivity contribution in [2.75, 3.05) is 14.2 Å². The van der Waals surface area contributed by atoms with Gasteiger partial charge in [0.15, 0.2) is 0 Å². The Hall–Kier alpha value is -1.88. The molecule has 0 bridgehead atoms. The number of aromatic hydroxyl groups is 1. The second-order valence-corrected chi connectivity index (χ2v) is 4.38. The highest BCUT2D eigenvalue weighted by Gasteiger charge is 2.17. The number of methoxy groups -OCH3 is 2. The maximum atomic E-state index is 10.3. The first-order valence-corrected chi connectivity index (χ1v) is 7.61. The molecule has 5 heteroatoms. The summed E-state index contributed by atoms with van der Waals surface area (Å²) < 4.78 is 10.3. The van der Waals surface area contributed by atoms with E-state index in [1.165, 1.54) is 6.07 Å². The molecule has 0 fully saturated rings. The molecule has 2 N–H and O–H groups in total. The van der Waals surface area contributed by atoms with Crippen molar-refractivity contribution in [3.63, 3.8) is 0 Å². The Morgan fingerprint density at radius 3 is 2.18 bits per heavy atom. The lowest BCUT2D eigenvalue weighted by atomic mass is 9.97. The number of rotatable bonds is 7. The van der Waals surface area contributed by atoms with Crippen LogP contribution in [0.4, 0.5) is 0 Å². The molecule has 1 aromatic rings. The fourth-order valence-corrected chi connectivity index (χ4v) is 2.21. The molecule has 0 aromatic heterocycles. The third-order valence-corrected chi connectivity index (χ3v) is 3.25. The maximum absolute atomic E-state index is 10.3. The molecule has 0 saturated carbocycles. The van der Waals surface area contributed by atoms with Crippen molar-refractivity contribution in [2.24, 2.45) is 5.11 Å². The smallest absolute Gasteiger partial charge is 0.129 e. The Morgan fingerprint density at radius 2 is 1.77 bits per heavy atom. The molecule has 0 amide bonds. The van der Waals surface area contributed by atoms with Gasteiger partial charge >= 0.3 is 0 Å². The van der Waals surface area contributed by atoms with Gasteiger partial charge < -0.3 is 14.6 Å². The third kappa shape index (κ3) is 4.84. The van der Waals surface area contributed by atoms with Crippen LogP contribution in [0.25, 0.3) is 5.70 Å².